The molecule has 0 saturated carbocycles. The minimum Gasteiger partial charge on any atom is -0.371 e. The second-order valence-corrected chi connectivity index (χ2v) is 8.76. The first-order chi connectivity index (χ1) is 11.9. The van der Waals surface area contributed by atoms with Crippen LogP contribution in [-0.4, -0.2) is 28.1 Å². The summed E-state index contributed by atoms with van der Waals surface area (Å²) in [4.78, 5) is 2.31. The van der Waals surface area contributed by atoms with Crippen molar-refractivity contribution < 1.29 is 8.42 Å². The number of nitrogens with one attached hydrogen (secondary N) is 1. The van der Waals surface area contributed by atoms with Crippen LogP contribution in [0.5, 0.6) is 0 Å². The standard InChI is InChI=1S/C18H20Cl2N2O2S/c19-16-7-6-15(17(20)12-16)13-25(23,24)21-9-3-10-22-11-8-14-4-1-2-5-18(14)22/h1-2,4-7,12,21H,3,8-11,13H2. The Bertz CT molecular complexity index is 856. The highest BCUT2D eigenvalue weighted by molar-refractivity contribution is 7.88. The predicted molar refractivity (Wildman–Crippen MR) is 104 cm³/mol. The molecule has 25 heavy (non-hydrogen) atoms. The van der Waals surface area contributed by atoms with Gasteiger partial charge in [0.2, 0.25) is 10.0 Å². The highest BCUT2D eigenvalue weighted by Crippen LogP contribution is 2.27. The number of halogens is 2. The Hall–Kier alpha value is -1.27. The van der Waals surface area contributed by atoms with Crippen LogP contribution in [0.1, 0.15) is 17.5 Å². The quantitative estimate of drug-likeness (QED) is 0.720. The number of hydrogen-bond donors (Lipinski definition) is 1. The first-order valence-electron chi connectivity index (χ1n) is 8.19. The van der Waals surface area contributed by atoms with Crippen LogP contribution in [0, 0.1) is 0 Å². The van der Waals surface area contributed by atoms with Gasteiger partial charge in [-0.25, -0.2) is 13.1 Å². The van der Waals surface area contributed by atoms with E-state index in [-0.39, 0.29) is 5.75 Å². The maximum Gasteiger partial charge on any atom is 0.215 e. The average Bonchev–Trinajstić information content (AvgIpc) is 2.98. The number of hydrogen-bond acceptors (Lipinski definition) is 3. The van der Waals surface area contributed by atoms with Gasteiger partial charge in [-0.1, -0.05) is 47.5 Å². The van der Waals surface area contributed by atoms with Crippen LogP contribution in [0.25, 0.3) is 0 Å². The van der Waals surface area contributed by atoms with Gasteiger partial charge in [-0.05, 0) is 42.2 Å². The molecule has 0 spiro atoms. The molecule has 0 fully saturated rings. The van der Waals surface area contributed by atoms with E-state index in [2.05, 4.69) is 27.8 Å². The topological polar surface area (TPSA) is 49.4 Å². The van der Waals surface area contributed by atoms with Crippen LogP contribution in [0.4, 0.5) is 5.69 Å². The molecular formula is C18H20Cl2N2O2S. The number of benzene rings is 2. The van der Waals surface area contributed by atoms with Crippen LogP contribution in [0.2, 0.25) is 10.0 Å². The molecule has 1 aliphatic rings. The first kappa shape index (κ1) is 18.5. The monoisotopic (exact) mass is 398 g/mol. The van der Waals surface area contributed by atoms with Crippen molar-refractivity contribution in [2.45, 2.75) is 18.6 Å². The molecule has 0 radical (unpaired) electrons. The summed E-state index contributed by atoms with van der Waals surface area (Å²) in [5.74, 6) is -0.143. The van der Waals surface area contributed by atoms with Crippen molar-refractivity contribution in [3.8, 4) is 0 Å². The third-order valence-electron chi connectivity index (χ3n) is 4.27. The molecule has 1 aliphatic heterocycles. The molecule has 0 saturated heterocycles. The molecule has 0 aromatic heterocycles. The lowest BCUT2D eigenvalue weighted by Gasteiger charge is -2.19. The maximum atomic E-state index is 12.2. The van der Waals surface area contributed by atoms with E-state index in [9.17, 15) is 8.42 Å². The summed E-state index contributed by atoms with van der Waals surface area (Å²) in [5.41, 5.74) is 3.17. The van der Waals surface area contributed by atoms with E-state index < -0.39 is 10.0 Å². The van der Waals surface area contributed by atoms with Gasteiger partial charge in [-0.15, -0.1) is 0 Å². The molecule has 1 N–H and O–H groups in total. The second kappa shape index (κ2) is 7.96. The molecule has 134 valence electrons. The number of para-hydroxylation sites is 1. The lowest BCUT2D eigenvalue weighted by atomic mass is 10.2. The van der Waals surface area contributed by atoms with Gasteiger partial charge in [0.1, 0.15) is 0 Å². The first-order valence-corrected chi connectivity index (χ1v) is 10.6. The van der Waals surface area contributed by atoms with Crippen molar-refractivity contribution in [3.63, 3.8) is 0 Å². The van der Waals surface area contributed by atoms with Gasteiger partial charge in [-0.3, -0.25) is 0 Å². The van der Waals surface area contributed by atoms with E-state index in [0.29, 0.717) is 22.2 Å². The Morgan fingerprint density at radius 2 is 1.92 bits per heavy atom. The fraction of sp³-hybridized carbons (Fsp3) is 0.333. The number of sulfonamides is 1. The summed E-state index contributed by atoms with van der Waals surface area (Å²) in [6, 6.07) is 13.2. The number of anilines is 1. The van der Waals surface area contributed by atoms with Crippen molar-refractivity contribution in [1.82, 2.24) is 4.72 Å². The van der Waals surface area contributed by atoms with Gasteiger partial charge in [0.05, 0.1) is 5.75 Å². The molecule has 0 bridgehead atoms. The molecule has 0 aliphatic carbocycles. The van der Waals surface area contributed by atoms with Crippen LogP contribution >= 0.6 is 23.2 Å². The zero-order valence-corrected chi connectivity index (χ0v) is 16.0. The minimum absolute atomic E-state index is 0.143. The Kier molecular flexibility index (Phi) is 5.89. The van der Waals surface area contributed by atoms with Crippen LogP contribution < -0.4 is 9.62 Å². The van der Waals surface area contributed by atoms with Crippen LogP contribution in [0.3, 0.4) is 0 Å². The fourth-order valence-corrected chi connectivity index (χ4v) is 4.80. The molecule has 2 aromatic rings. The maximum absolute atomic E-state index is 12.2. The van der Waals surface area contributed by atoms with Gasteiger partial charge in [0.25, 0.3) is 0 Å². The smallest absolute Gasteiger partial charge is 0.215 e. The van der Waals surface area contributed by atoms with Crippen molar-refractivity contribution >= 4 is 38.9 Å². The zero-order chi connectivity index (χ0) is 17.9. The second-order valence-electron chi connectivity index (χ2n) is 6.11. The molecule has 1 heterocycles. The molecule has 7 heteroatoms. The Labute approximate surface area is 158 Å². The lowest BCUT2D eigenvalue weighted by molar-refractivity contribution is 0.577. The highest BCUT2D eigenvalue weighted by atomic mass is 35.5. The highest BCUT2D eigenvalue weighted by Gasteiger charge is 2.18. The third kappa shape index (κ3) is 4.88. The summed E-state index contributed by atoms with van der Waals surface area (Å²) in [5, 5.41) is 0.858. The van der Waals surface area contributed by atoms with E-state index in [1.54, 1.807) is 18.2 Å². The summed E-state index contributed by atoms with van der Waals surface area (Å²) >= 11 is 11.9. The zero-order valence-electron chi connectivity index (χ0n) is 13.7. The van der Waals surface area contributed by atoms with Gasteiger partial charge < -0.3 is 4.90 Å². The van der Waals surface area contributed by atoms with Gasteiger partial charge >= 0.3 is 0 Å². The van der Waals surface area contributed by atoms with E-state index in [1.165, 1.54) is 11.3 Å². The van der Waals surface area contributed by atoms with Crippen molar-refractivity contribution in [1.29, 1.82) is 0 Å². The van der Waals surface area contributed by atoms with Crippen LogP contribution in [-0.2, 0) is 22.2 Å². The summed E-state index contributed by atoms with van der Waals surface area (Å²) in [6.07, 6.45) is 1.80. The number of nitrogens with zero attached hydrogens (tertiary/aromatic N) is 1. The van der Waals surface area contributed by atoms with E-state index in [4.69, 9.17) is 23.2 Å². The SMILES string of the molecule is O=S(=O)(Cc1ccc(Cl)cc1Cl)NCCCN1CCc2ccccc21. The summed E-state index contributed by atoms with van der Waals surface area (Å²) < 4.78 is 27.1. The predicted octanol–water partition coefficient (Wildman–Crippen LogP) is 3.87. The van der Waals surface area contributed by atoms with Gasteiger partial charge in [0, 0.05) is 35.4 Å². The average molecular weight is 399 g/mol. The van der Waals surface area contributed by atoms with Crippen LogP contribution in [0.15, 0.2) is 42.5 Å². The fourth-order valence-electron chi connectivity index (χ4n) is 3.03. The van der Waals surface area contributed by atoms with E-state index in [1.807, 2.05) is 6.07 Å². The molecule has 2 aromatic carbocycles. The molecule has 0 amide bonds. The number of rotatable bonds is 7. The molecule has 0 atom stereocenters. The van der Waals surface area contributed by atoms with E-state index >= 15 is 0 Å². The minimum atomic E-state index is -3.42. The van der Waals surface area contributed by atoms with Gasteiger partial charge in [-0.2, -0.15) is 0 Å². The van der Waals surface area contributed by atoms with Gasteiger partial charge in [0.15, 0.2) is 0 Å². The Morgan fingerprint density at radius 1 is 1.12 bits per heavy atom. The lowest BCUT2D eigenvalue weighted by Crippen LogP contribution is -2.30. The molecule has 4 nitrogen and oxygen atoms in total. The third-order valence-corrected chi connectivity index (χ3v) is 6.19. The number of fused-ring (bicyclic) bond motifs is 1. The van der Waals surface area contributed by atoms with E-state index in [0.717, 1.165) is 25.9 Å². The molecule has 0 unspecified atom stereocenters. The Morgan fingerprint density at radius 3 is 2.72 bits per heavy atom. The normalized spacial score (nSPS) is 13.9. The van der Waals surface area contributed by atoms with Crippen molar-refractivity contribution in [2.24, 2.45) is 0 Å². The summed E-state index contributed by atoms with van der Waals surface area (Å²) in [7, 11) is -3.42. The Balaban J connectivity index is 1.48. The summed E-state index contributed by atoms with van der Waals surface area (Å²) in [6.45, 7) is 2.24. The van der Waals surface area contributed by atoms with Crippen molar-refractivity contribution in [3.05, 3.63) is 63.6 Å². The largest absolute Gasteiger partial charge is 0.371 e. The van der Waals surface area contributed by atoms with Crippen molar-refractivity contribution in [2.75, 3.05) is 24.5 Å². The molecular weight excluding hydrogens is 379 g/mol. The molecule has 3 rings (SSSR count).